The van der Waals surface area contributed by atoms with Gasteiger partial charge < -0.3 is 4.74 Å². The zero-order valence-corrected chi connectivity index (χ0v) is 12.0. The molecular formula is C13H11F3N4O3. The minimum Gasteiger partial charge on any atom is -0.426 e. The number of aromatic nitrogens is 3. The van der Waals surface area contributed by atoms with Gasteiger partial charge in [0.15, 0.2) is 0 Å². The fourth-order valence-corrected chi connectivity index (χ4v) is 1.68. The predicted octanol–water partition coefficient (Wildman–Crippen LogP) is 2.01. The first-order chi connectivity index (χ1) is 10.7. The molecule has 1 aromatic carbocycles. The lowest BCUT2D eigenvalue weighted by Gasteiger charge is -2.08. The van der Waals surface area contributed by atoms with E-state index in [0.717, 1.165) is 11.6 Å². The SMILES string of the molecule is CC(=O)Oc1ccccc1C(=O)Nc1nc(C(F)(F)F)nn1C. The number of aryl methyl sites for hydroxylation is 1. The molecule has 1 amide bonds. The number of nitrogens with one attached hydrogen (secondary N) is 1. The lowest BCUT2D eigenvalue weighted by molar-refractivity contribution is -0.145. The summed E-state index contributed by atoms with van der Waals surface area (Å²) in [5.74, 6) is -3.20. The summed E-state index contributed by atoms with van der Waals surface area (Å²) in [6.07, 6.45) is -4.73. The normalized spacial score (nSPS) is 11.2. The zero-order valence-electron chi connectivity index (χ0n) is 12.0. The standard InChI is InChI=1S/C13H11F3N4O3/c1-7(21)23-9-6-4-3-5-8(9)10(22)17-12-18-11(13(14,15)16)19-20(12)2/h3-6H,1-2H3,(H,17,18,19,22). The number of carbonyl (C=O) groups excluding carboxylic acids is 2. The molecular weight excluding hydrogens is 317 g/mol. The smallest absolute Gasteiger partial charge is 0.426 e. The number of amides is 1. The second kappa shape index (κ2) is 6.07. The van der Waals surface area contributed by atoms with Gasteiger partial charge in [-0.05, 0) is 12.1 Å². The van der Waals surface area contributed by atoms with Crippen molar-refractivity contribution in [3.8, 4) is 5.75 Å². The van der Waals surface area contributed by atoms with Crippen LogP contribution in [0.25, 0.3) is 0 Å². The fourth-order valence-electron chi connectivity index (χ4n) is 1.68. The number of hydrogen-bond donors (Lipinski definition) is 1. The third-order valence-corrected chi connectivity index (χ3v) is 2.63. The Labute approximate surface area is 128 Å². The van der Waals surface area contributed by atoms with Crippen molar-refractivity contribution in [2.45, 2.75) is 13.1 Å². The van der Waals surface area contributed by atoms with E-state index in [1.54, 1.807) is 6.07 Å². The molecule has 1 aromatic heterocycles. The molecule has 2 aromatic rings. The Kier molecular flexibility index (Phi) is 4.34. The number of hydrogen-bond acceptors (Lipinski definition) is 5. The van der Waals surface area contributed by atoms with Crippen LogP contribution in [0.3, 0.4) is 0 Å². The number of para-hydroxylation sites is 1. The highest BCUT2D eigenvalue weighted by atomic mass is 19.4. The molecule has 0 radical (unpaired) electrons. The Hall–Kier alpha value is -2.91. The molecule has 0 saturated heterocycles. The molecule has 0 spiro atoms. The first kappa shape index (κ1) is 16.5. The minimum absolute atomic E-state index is 0.0179. The molecule has 0 aliphatic heterocycles. The van der Waals surface area contributed by atoms with Gasteiger partial charge in [0.25, 0.3) is 11.7 Å². The van der Waals surface area contributed by atoms with Crippen LogP contribution in [0.5, 0.6) is 5.75 Å². The maximum Gasteiger partial charge on any atom is 0.453 e. The molecule has 2 rings (SSSR count). The summed E-state index contributed by atoms with van der Waals surface area (Å²) in [5, 5.41) is 5.37. The first-order valence-corrected chi connectivity index (χ1v) is 6.25. The Morgan fingerprint density at radius 2 is 1.91 bits per heavy atom. The van der Waals surface area contributed by atoms with E-state index in [9.17, 15) is 22.8 Å². The van der Waals surface area contributed by atoms with E-state index in [0.29, 0.717) is 0 Å². The number of ether oxygens (including phenoxy) is 1. The van der Waals surface area contributed by atoms with Gasteiger partial charge in [-0.3, -0.25) is 14.9 Å². The number of benzene rings is 1. The molecule has 23 heavy (non-hydrogen) atoms. The van der Waals surface area contributed by atoms with Gasteiger partial charge in [0.1, 0.15) is 5.75 Å². The Morgan fingerprint density at radius 1 is 1.26 bits per heavy atom. The molecule has 0 fully saturated rings. The molecule has 1 heterocycles. The second-order valence-electron chi connectivity index (χ2n) is 4.42. The van der Waals surface area contributed by atoms with Gasteiger partial charge in [0.05, 0.1) is 5.56 Å². The topological polar surface area (TPSA) is 86.1 Å². The summed E-state index contributed by atoms with van der Waals surface area (Å²) in [7, 11) is 1.20. The monoisotopic (exact) mass is 328 g/mol. The van der Waals surface area contributed by atoms with E-state index >= 15 is 0 Å². The molecule has 10 heteroatoms. The maximum absolute atomic E-state index is 12.5. The molecule has 1 N–H and O–H groups in total. The van der Waals surface area contributed by atoms with Gasteiger partial charge >= 0.3 is 12.1 Å². The molecule has 0 unspecified atom stereocenters. The van der Waals surface area contributed by atoms with E-state index < -0.39 is 23.9 Å². The van der Waals surface area contributed by atoms with E-state index in [-0.39, 0.29) is 17.3 Å². The first-order valence-electron chi connectivity index (χ1n) is 6.25. The average molecular weight is 328 g/mol. The number of rotatable bonds is 3. The molecule has 0 bridgehead atoms. The number of anilines is 1. The maximum atomic E-state index is 12.5. The summed E-state index contributed by atoms with van der Waals surface area (Å²) in [6, 6.07) is 5.79. The van der Waals surface area contributed by atoms with E-state index in [2.05, 4.69) is 15.4 Å². The fraction of sp³-hybridized carbons (Fsp3) is 0.231. The van der Waals surface area contributed by atoms with Gasteiger partial charge in [0, 0.05) is 14.0 Å². The van der Waals surface area contributed by atoms with Crippen molar-refractivity contribution in [1.29, 1.82) is 0 Å². The zero-order chi connectivity index (χ0) is 17.2. The Bertz CT molecular complexity index is 755. The van der Waals surface area contributed by atoms with Crippen LogP contribution < -0.4 is 10.1 Å². The summed E-state index contributed by atoms with van der Waals surface area (Å²) in [6.45, 7) is 1.16. The van der Waals surface area contributed by atoms with Crippen molar-refractivity contribution < 1.29 is 27.5 Å². The van der Waals surface area contributed by atoms with Crippen LogP contribution in [-0.4, -0.2) is 26.6 Å². The molecule has 0 saturated carbocycles. The van der Waals surface area contributed by atoms with Gasteiger partial charge in [-0.2, -0.15) is 18.2 Å². The van der Waals surface area contributed by atoms with Crippen LogP contribution in [0.1, 0.15) is 23.1 Å². The summed E-state index contributed by atoms with van der Waals surface area (Å²) < 4.78 is 43.3. The second-order valence-corrected chi connectivity index (χ2v) is 4.42. The van der Waals surface area contributed by atoms with Gasteiger partial charge in [0.2, 0.25) is 5.95 Å². The molecule has 122 valence electrons. The summed E-state index contributed by atoms with van der Waals surface area (Å²) in [5.41, 5.74) is -0.0285. The Balaban J connectivity index is 2.27. The molecule has 0 aliphatic carbocycles. The van der Waals surface area contributed by atoms with E-state index in [4.69, 9.17) is 4.74 Å². The Morgan fingerprint density at radius 3 is 2.48 bits per heavy atom. The van der Waals surface area contributed by atoms with E-state index in [1.807, 2.05) is 0 Å². The lowest BCUT2D eigenvalue weighted by atomic mass is 10.2. The summed E-state index contributed by atoms with van der Waals surface area (Å²) >= 11 is 0. The van der Waals surface area contributed by atoms with Gasteiger partial charge in [-0.1, -0.05) is 12.1 Å². The van der Waals surface area contributed by atoms with Gasteiger partial charge in [-0.15, -0.1) is 5.10 Å². The number of halogens is 3. The van der Waals surface area contributed by atoms with Crippen LogP contribution in [0.15, 0.2) is 24.3 Å². The highest BCUT2D eigenvalue weighted by Crippen LogP contribution is 2.27. The van der Waals surface area contributed by atoms with Crippen molar-refractivity contribution in [2.75, 3.05) is 5.32 Å². The van der Waals surface area contributed by atoms with Crippen LogP contribution in [-0.2, 0) is 18.0 Å². The third kappa shape index (κ3) is 3.84. The van der Waals surface area contributed by atoms with Gasteiger partial charge in [-0.25, -0.2) is 4.68 Å². The van der Waals surface area contributed by atoms with Crippen LogP contribution in [0.4, 0.5) is 19.1 Å². The van der Waals surface area contributed by atoms with Crippen LogP contribution in [0, 0.1) is 0 Å². The largest absolute Gasteiger partial charge is 0.453 e. The predicted molar refractivity (Wildman–Crippen MR) is 71.7 cm³/mol. The number of esters is 1. The van der Waals surface area contributed by atoms with Crippen molar-refractivity contribution in [3.05, 3.63) is 35.7 Å². The average Bonchev–Trinajstić information content (AvgIpc) is 2.80. The minimum atomic E-state index is -4.73. The van der Waals surface area contributed by atoms with Crippen molar-refractivity contribution >= 4 is 17.8 Å². The van der Waals surface area contributed by atoms with Crippen LogP contribution >= 0.6 is 0 Å². The van der Waals surface area contributed by atoms with Crippen molar-refractivity contribution in [1.82, 2.24) is 14.8 Å². The number of nitrogens with zero attached hydrogens (tertiary/aromatic N) is 3. The molecule has 0 atom stereocenters. The third-order valence-electron chi connectivity index (χ3n) is 2.63. The van der Waals surface area contributed by atoms with E-state index in [1.165, 1.54) is 25.2 Å². The number of carbonyl (C=O) groups is 2. The number of alkyl halides is 3. The molecule has 7 nitrogen and oxygen atoms in total. The quantitative estimate of drug-likeness (QED) is 0.688. The highest BCUT2D eigenvalue weighted by Gasteiger charge is 2.37. The summed E-state index contributed by atoms with van der Waals surface area (Å²) in [4.78, 5) is 26.4. The van der Waals surface area contributed by atoms with Crippen molar-refractivity contribution in [2.24, 2.45) is 7.05 Å². The van der Waals surface area contributed by atoms with Crippen LogP contribution in [0.2, 0.25) is 0 Å². The highest BCUT2D eigenvalue weighted by molar-refractivity contribution is 6.05. The lowest BCUT2D eigenvalue weighted by Crippen LogP contribution is -2.17. The molecule has 0 aliphatic rings. The van der Waals surface area contributed by atoms with Crippen molar-refractivity contribution in [3.63, 3.8) is 0 Å².